The van der Waals surface area contributed by atoms with E-state index in [9.17, 15) is 0 Å². The molecular formula is C20H24. The summed E-state index contributed by atoms with van der Waals surface area (Å²) in [5, 5.41) is 0. The van der Waals surface area contributed by atoms with Crippen LogP contribution in [0.15, 0.2) is 48.5 Å². The summed E-state index contributed by atoms with van der Waals surface area (Å²) < 4.78 is 0. The third kappa shape index (κ3) is 3.84. The fraction of sp³-hybridized carbons (Fsp3) is 0.300. The van der Waals surface area contributed by atoms with Crippen molar-refractivity contribution >= 4 is 11.6 Å². The van der Waals surface area contributed by atoms with Gasteiger partial charge in [0.2, 0.25) is 0 Å². The second kappa shape index (κ2) is 7.09. The lowest BCUT2D eigenvalue weighted by Gasteiger charge is -2.11. The van der Waals surface area contributed by atoms with Crippen molar-refractivity contribution in [2.75, 3.05) is 0 Å². The molecule has 0 nitrogen and oxygen atoms in total. The van der Waals surface area contributed by atoms with Crippen LogP contribution in [0, 0.1) is 13.8 Å². The van der Waals surface area contributed by atoms with Crippen molar-refractivity contribution in [2.24, 2.45) is 0 Å². The first-order valence-corrected chi connectivity index (χ1v) is 7.54. The highest BCUT2D eigenvalue weighted by Crippen LogP contribution is 2.26. The fourth-order valence-corrected chi connectivity index (χ4v) is 2.45. The van der Waals surface area contributed by atoms with Gasteiger partial charge in [-0.1, -0.05) is 73.5 Å². The highest BCUT2D eigenvalue weighted by molar-refractivity contribution is 5.82. The molecule has 0 saturated heterocycles. The molecule has 2 aromatic carbocycles. The number of hydrogen-bond acceptors (Lipinski definition) is 0. The van der Waals surface area contributed by atoms with Crippen molar-refractivity contribution in [3.63, 3.8) is 0 Å². The van der Waals surface area contributed by atoms with Crippen molar-refractivity contribution in [3.05, 3.63) is 70.8 Å². The zero-order chi connectivity index (χ0) is 14.4. The average molecular weight is 264 g/mol. The lowest BCUT2D eigenvalue weighted by atomic mass is 9.94. The van der Waals surface area contributed by atoms with Crippen molar-refractivity contribution in [1.82, 2.24) is 0 Å². The molecule has 0 bridgehead atoms. The van der Waals surface area contributed by atoms with Crippen LogP contribution in [0.5, 0.6) is 0 Å². The molecule has 20 heavy (non-hydrogen) atoms. The topological polar surface area (TPSA) is 0 Å². The van der Waals surface area contributed by atoms with Crippen LogP contribution >= 0.6 is 0 Å². The Morgan fingerprint density at radius 3 is 2.30 bits per heavy atom. The summed E-state index contributed by atoms with van der Waals surface area (Å²) in [5.74, 6) is 0. The molecule has 0 fully saturated rings. The van der Waals surface area contributed by atoms with Gasteiger partial charge in [-0.3, -0.25) is 0 Å². The number of hydrogen-bond donors (Lipinski definition) is 0. The van der Waals surface area contributed by atoms with Crippen molar-refractivity contribution in [2.45, 2.75) is 40.0 Å². The van der Waals surface area contributed by atoms with Crippen LogP contribution in [-0.2, 0) is 0 Å². The zero-order valence-electron chi connectivity index (χ0n) is 12.8. The molecular weight excluding hydrogens is 240 g/mol. The molecule has 2 aromatic rings. The SMILES string of the molecule is CCCC/C(=C\c1ccc(C)cc1)c1ccccc1C. The molecule has 0 radical (unpaired) electrons. The van der Waals surface area contributed by atoms with Crippen molar-refractivity contribution in [1.29, 1.82) is 0 Å². The summed E-state index contributed by atoms with van der Waals surface area (Å²) in [6.45, 7) is 6.58. The van der Waals surface area contributed by atoms with Gasteiger partial charge < -0.3 is 0 Å². The van der Waals surface area contributed by atoms with Gasteiger partial charge in [-0.2, -0.15) is 0 Å². The summed E-state index contributed by atoms with van der Waals surface area (Å²) in [7, 11) is 0. The molecule has 0 aromatic heterocycles. The predicted octanol–water partition coefficient (Wildman–Crippen LogP) is 6.03. The van der Waals surface area contributed by atoms with Gasteiger partial charge in [0.1, 0.15) is 0 Å². The number of rotatable bonds is 5. The summed E-state index contributed by atoms with van der Waals surface area (Å²) in [6, 6.07) is 17.5. The standard InChI is InChI=1S/C20H24/c1-4-5-9-19(20-10-7-6-8-17(20)3)15-18-13-11-16(2)12-14-18/h6-8,10-15H,4-5,9H2,1-3H3/b19-15+. The molecule has 0 spiro atoms. The summed E-state index contributed by atoms with van der Waals surface area (Å²) in [6.07, 6.45) is 5.97. The minimum Gasteiger partial charge on any atom is -0.0654 e. The normalized spacial score (nSPS) is 11.7. The minimum atomic E-state index is 1.15. The number of aryl methyl sites for hydroxylation is 2. The molecule has 104 valence electrons. The number of allylic oxidation sites excluding steroid dienone is 1. The molecule has 0 heterocycles. The minimum absolute atomic E-state index is 1.15. The van der Waals surface area contributed by atoms with E-state index in [2.05, 4.69) is 75.4 Å². The van der Waals surface area contributed by atoms with Gasteiger partial charge in [-0.05, 0) is 49.0 Å². The van der Waals surface area contributed by atoms with Gasteiger partial charge in [0.15, 0.2) is 0 Å². The lowest BCUT2D eigenvalue weighted by Crippen LogP contribution is -1.90. The van der Waals surface area contributed by atoms with E-state index < -0.39 is 0 Å². The maximum Gasteiger partial charge on any atom is -0.0195 e. The molecule has 0 aliphatic rings. The third-order valence-corrected chi connectivity index (χ3v) is 3.71. The van der Waals surface area contributed by atoms with Crippen LogP contribution < -0.4 is 0 Å². The summed E-state index contributed by atoms with van der Waals surface area (Å²) in [5.41, 5.74) is 6.82. The van der Waals surface area contributed by atoms with E-state index in [1.54, 1.807) is 0 Å². The Labute approximate surface area is 123 Å². The van der Waals surface area contributed by atoms with E-state index in [1.165, 1.54) is 40.7 Å². The van der Waals surface area contributed by atoms with Gasteiger partial charge in [-0.25, -0.2) is 0 Å². The molecule has 0 heteroatoms. The van der Waals surface area contributed by atoms with Gasteiger partial charge >= 0.3 is 0 Å². The fourth-order valence-electron chi connectivity index (χ4n) is 2.45. The van der Waals surface area contributed by atoms with Crippen molar-refractivity contribution in [3.8, 4) is 0 Å². The Hall–Kier alpha value is -1.82. The smallest absolute Gasteiger partial charge is 0.0195 e. The molecule has 0 saturated carbocycles. The van der Waals surface area contributed by atoms with Gasteiger partial charge in [0, 0.05) is 0 Å². The molecule has 0 amide bonds. The molecule has 0 aliphatic carbocycles. The predicted molar refractivity (Wildman–Crippen MR) is 89.8 cm³/mol. The maximum absolute atomic E-state index is 2.34. The van der Waals surface area contributed by atoms with Crippen LogP contribution in [0.3, 0.4) is 0 Å². The lowest BCUT2D eigenvalue weighted by molar-refractivity contribution is 0.825. The quantitative estimate of drug-likeness (QED) is 0.578. The van der Waals surface area contributed by atoms with Gasteiger partial charge in [0.05, 0.1) is 0 Å². The van der Waals surface area contributed by atoms with E-state index in [0.717, 1.165) is 6.42 Å². The number of benzene rings is 2. The van der Waals surface area contributed by atoms with E-state index >= 15 is 0 Å². The van der Waals surface area contributed by atoms with Crippen LogP contribution in [0.1, 0.15) is 48.4 Å². The Morgan fingerprint density at radius 1 is 0.950 bits per heavy atom. The Kier molecular flexibility index (Phi) is 5.17. The van der Waals surface area contributed by atoms with Gasteiger partial charge in [0.25, 0.3) is 0 Å². The maximum atomic E-state index is 2.34. The molecule has 2 rings (SSSR count). The molecule has 0 N–H and O–H groups in total. The average Bonchev–Trinajstić information content (AvgIpc) is 2.46. The van der Waals surface area contributed by atoms with Crippen LogP contribution in [0.25, 0.3) is 11.6 Å². The Bertz CT molecular complexity index is 573. The van der Waals surface area contributed by atoms with E-state index in [1.807, 2.05) is 0 Å². The summed E-state index contributed by atoms with van der Waals surface area (Å²) >= 11 is 0. The highest BCUT2D eigenvalue weighted by atomic mass is 14.1. The highest BCUT2D eigenvalue weighted by Gasteiger charge is 2.04. The molecule has 0 aliphatic heterocycles. The number of unbranched alkanes of at least 4 members (excludes halogenated alkanes) is 1. The van der Waals surface area contributed by atoms with Crippen LogP contribution in [0.2, 0.25) is 0 Å². The van der Waals surface area contributed by atoms with E-state index in [-0.39, 0.29) is 0 Å². The zero-order valence-corrected chi connectivity index (χ0v) is 12.8. The third-order valence-electron chi connectivity index (χ3n) is 3.71. The first-order valence-electron chi connectivity index (χ1n) is 7.54. The van der Waals surface area contributed by atoms with Crippen LogP contribution in [-0.4, -0.2) is 0 Å². The van der Waals surface area contributed by atoms with E-state index in [0.29, 0.717) is 0 Å². The Balaban J connectivity index is 2.37. The first kappa shape index (κ1) is 14.6. The first-order chi connectivity index (χ1) is 9.70. The monoisotopic (exact) mass is 264 g/mol. The summed E-state index contributed by atoms with van der Waals surface area (Å²) in [4.78, 5) is 0. The molecule has 0 atom stereocenters. The molecule has 0 unspecified atom stereocenters. The van der Waals surface area contributed by atoms with Crippen molar-refractivity contribution < 1.29 is 0 Å². The van der Waals surface area contributed by atoms with Crippen LogP contribution in [0.4, 0.5) is 0 Å². The second-order valence-electron chi connectivity index (χ2n) is 5.50. The Morgan fingerprint density at radius 2 is 1.65 bits per heavy atom. The van der Waals surface area contributed by atoms with Gasteiger partial charge in [-0.15, -0.1) is 0 Å². The van der Waals surface area contributed by atoms with E-state index in [4.69, 9.17) is 0 Å². The second-order valence-corrected chi connectivity index (χ2v) is 5.50. The largest absolute Gasteiger partial charge is 0.0654 e.